The summed E-state index contributed by atoms with van der Waals surface area (Å²) < 4.78 is 60.0. The minimum atomic E-state index is -4.47. The Kier molecular flexibility index (Phi) is 7.02. The van der Waals surface area contributed by atoms with Gasteiger partial charge in [-0.05, 0) is 42.0 Å². The highest BCUT2D eigenvalue weighted by atomic mass is 32.2. The minimum absolute atomic E-state index is 0.0748. The molecule has 6 nitrogen and oxygen atoms in total. The Morgan fingerprint density at radius 3 is 1.62 bits per heavy atom. The van der Waals surface area contributed by atoms with Crippen molar-refractivity contribution in [3.63, 3.8) is 0 Å². The number of carbonyl (C=O) groups excluding carboxylic acids is 2. The largest absolute Gasteiger partial charge is 0.416 e. The average molecular weight is 428 g/mol. The number of hydrogen-bond donors (Lipinski definition) is 2. The lowest BCUT2D eigenvalue weighted by atomic mass is 10.1. The molecular weight excluding hydrogens is 409 g/mol. The highest BCUT2D eigenvalue weighted by Crippen LogP contribution is 2.29. The summed E-state index contributed by atoms with van der Waals surface area (Å²) in [6.45, 7) is 0.189. The van der Waals surface area contributed by atoms with Crippen LogP contribution in [-0.2, 0) is 21.8 Å². The van der Waals surface area contributed by atoms with E-state index in [2.05, 4.69) is 10.6 Å². The number of nitrogens with one attached hydrogen (secondary N) is 2. The van der Waals surface area contributed by atoms with Gasteiger partial charge in [0.1, 0.15) is 0 Å². The van der Waals surface area contributed by atoms with Crippen LogP contribution in [0, 0.1) is 0 Å². The van der Waals surface area contributed by atoms with Gasteiger partial charge in [0.05, 0.1) is 11.3 Å². The van der Waals surface area contributed by atoms with E-state index in [4.69, 9.17) is 0 Å². The fourth-order valence-electron chi connectivity index (χ4n) is 2.42. The Hall–Kier alpha value is -2.88. The molecule has 2 aromatic rings. The van der Waals surface area contributed by atoms with E-state index in [0.29, 0.717) is 11.1 Å². The summed E-state index contributed by atoms with van der Waals surface area (Å²) in [6, 6.07) is 9.88. The lowest BCUT2D eigenvalue weighted by molar-refractivity contribution is -0.137. The molecule has 0 saturated heterocycles. The Balaban J connectivity index is 1.79. The third kappa shape index (κ3) is 7.22. The molecule has 0 bridgehead atoms. The van der Waals surface area contributed by atoms with Crippen LogP contribution in [0.25, 0.3) is 0 Å². The maximum absolute atomic E-state index is 12.5. The summed E-state index contributed by atoms with van der Waals surface area (Å²) in [6.07, 6.45) is -3.35. The van der Waals surface area contributed by atoms with Crippen LogP contribution in [0.3, 0.4) is 0 Å². The first-order chi connectivity index (χ1) is 13.5. The van der Waals surface area contributed by atoms with Gasteiger partial charge in [-0.3, -0.25) is 9.59 Å². The van der Waals surface area contributed by atoms with Crippen LogP contribution in [0.15, 0.2) is 48.5 Å². The molecule has 0 aliphatic carbocycles. The molecule has 0 unspecified atom stereocenters. The quantitative estimate of drug-likeness (QED) is 0.663. The van der Waals surface area contributed by atoms with Crippen LogP contribution in [0.5, 0.6) is 0 Å². The minimum Gasteiger partial charge on any atom is -0.350 e. The molecule has 10 heteroatoms. The maximum atomic E-state index is 12.5. The van der Waals surface area contributed by atoms with Crippen LogP contribution in [-0.4, -0.2) is 39.6 Å². The lowest BCUT2D eigenvalue weighted by Crippen LogP contribution is -2.34. The van der Waals surface area contributed by atoms with Crippen molar-refractivity contribution in [1.82, 2.24) is 10.6 Å². The number of hydrogen-bond acceptors (Lipinski definition) is 4. The van der Waals surface area contributed by atoms with E-state index in [1.54, 1.807) is 12.1 Å². The summed E-state index contributed by atoms with van der Waals surface area (Å²) in [5.41, 5.74) is 0.124. The van der Waals surface area contributed by atoms with Gasteiger partial charge < -0.3 is 10.6 Å². The Morgan fingerprint density at radius 2 is 1.24 bits per heavy atom. The monoisotopic (exact) mass is 428 g/mol. The number of benzene rings is 2. The number of amides is 2. The molecule has 0 aliphatic rings. The fourth-order valence-corrected chi connectivity index (χ4v) is 3.22. The zero-order valence-electron chi connectivity index (χ0n) is 15.4. The van der Waals surface area contributed by atoms with Gasteiger partial charge in [-0.1, -0.05) is 12.1 Å². The second kappa shape index (κ2) is 9.08. The highest BCUT2D eigenvalue weighted by Gasteiger charge is 2.30. The number of halogens is 3. The van der Waals surface area contributed by atoms with Gasteiger partial charge in [-0.15, -0.1) is 0 Å². The second-order valence-corrected chi connectivity index (χ2v) is 8.49. The third-order valence-corrected chi connectivity index (χ3v) is 4.67. The molecule has 0 atom stereocenters. The Labute approximate surface area is 166 Å². The average Bonchev–Trinajstić information content (AvgIpc) is 2.63. The number of alkyl halides is 3. The standard InChI is InChI=1S/C19H19F3N2O4S/c1-29(27,28)12-13-2-4-14(5-3-13)17(25)23-10-11-24-18(26)15-6-8-16(9-7-15)19(20,21)22/h2-9H,10-12H2,1H3,(H,23,25)(H,24,26). The molecule has 0 heterocycles. The molecule has 0 spiro atoms. The highest BCUT2D eigenvalue weighted by molar-refractivity contribution is 7.89. The first kappa shape index (κ1) is 22.4. The van der Waals surface area contributed by atoms with E-state index in [9.17, 15) is 31.2 Å². The molecule has 0 saturated carbocycles. The summed E-state index contributed by atoms with van der Waals surface area (Å²) in [5.74, 6) is -1.08. The van der Waals surface area contributed by atoms with Gasteiger partial charge >= 0.3 is 6.18 Å². The van der Waals surface area contributed by atoms with Crippen LogP contribution in [0.4, 0.5) is 13.2 Å². The van der Waals surface area contributed by atoms with Crippen molar-refractivity contribution in [1.29, 1.82) is 0 Å². The van der Waals surface area contributed by atoms with E-state index < -0.39 is 33.4 Å². The van der Waals surface area contributed by atoms with Crippen molar-refractivity contribution in [2.24, 2.45) is 0 Å². The summed E-state index contributed by atoms with van der Waals surface area (Å²) in [4.78, 5) is 24.0. The van der Waals surface area contributed by atoms with Crippen molar-refractivity contribution < 1.29 is 31.2 Å². The number of sulfone groups is 1. The number of rotatable bonds is 7. The van der Waals surface area contributed by atoms with Crippen LogP contribution >= 0.6 is 0 Å². The van der Waals surface area contributed by atoms with Crippen LogP contribution in [0.2, 0.25) is 0 Å². The van der Waals surface area contributed by atoms with Crippen molar-refractivity contribution in [2.45, 2.75) is 11.9 Å². The molecule has 0 aromatic heterocycles. The van der Waals surface area contributed by atoms with E-state index in [-0.39, 0.29) is 24.4 Å². The van der Waals surface area contributed by atoms with E-state index in [1.165, 1.54) is 12.1 Å². The molecule has 0 fully saturated rings. The van der Waals surface area contributed by atoms with Gasteiger partial charge in [0.15, 0.2) is 9.84 Å². The van der Waals surface area contributed by atoms with Crippen molar-refractivity contribution in [2.75, 3.05) is 19.3 Å². The van der Waals surface area contributed by atoms with Gasteiger partial charge in [0.2, 0.25) is 0 Å². The smallest absolute Gasteiger partial charge is 0.350 e. The summed E-state index contributed by atoms with van der Waals surface area (Å²) >= 11 is 0. The summed E-state index contributed by atoms with van der Waals surface area (Å²) in [7, 11) is -3.17. The molecular formula is C19H19F3N2O4S. The molecule has 2 N–H and O–H groups in total. The lowest BCUT2D eigenvalue weighted by Gasteiger charge is -2.09. The maximum Gasteiger partial charge on any atom is 0.416 e. The Bertz CT molecular complexity index is 970. The zero-order valence-corrected chi connectivity index (χ0v) is 16.2. The predicted molar refractivity (Wildman–Crippen MR) is 101 cm³/mol. The molecule has 29 heavy (non-hydrogen) atoms. The molecule has 0 aliphatic heterocycles. The number of carbonyl (C=O) groups is 2. The van der Waals surface area contributed by atoms with Gasteiger partial charge in [-0.25, -0.2) is 8.42 Å². The topological polar surface area (TPSA) is 92.3 Å². The van der Waals surface area contributed by atoms with Crippen LogP contribution in [0.1, 0.15) is 31.8 Å². The normalized spacial score (nSPS) is 11.7. The first-order valence-corrected chi connectivity index (χ1v) is 10.5. The fraction of sp³-hybridized carbons (Fsp3) is 0.263. The van der Waals surface area contributed by atoms with Gasteiger partial charge in [0, 0.05) is 30.5 Å². The van der Waals surface area contributed by atoms with Crippen molar-refractivity contribution in [3.05, 3.63) is 70.8 Å². The second-order valence-electron chi connectivity index (χ2n) is 6.35. The molecule has 156 valence electrons. The summed E-state index contributed by atoms with van der Waals surface area (Å²) in [5, 5.41) is 5.08. The van der Waals surface area contributed by atoms with Crippen molar-refractivity contribution >= 4 is 21.7 Å². The first-order valence-electron chi connectivity index (χ1n) is 8.46. The SMILES string of the molecule is CS(=O)(=O)Cc1ccc(C(=O)NCCNC(=O)c2ccc(C(F)(F)F)cc2)cc1. The third-order valence-electron chi connectivity index (χ3n) is 3.82. The van der Waals surface area contributed by atoms with Gasteiger partial charge in [-0.2, -0.15) is 13.2 Å². The van der Waals surface area contributed by atoms with Gasteiger partial charge in [0.25, 0.3) is 11.8 Å². The van der Waals surface area contributed by atoms with Crippen LogP contribution < -0.4 is 10.6 Å². The zero-order chi connectivity index (χ0) is 21.7. The Morgan fingerprint density at radius 1 is 0.828 bits per heavy atom. The molecule has 2 aromatic carbocycles. The van der Waals surface area contributed by atoms with E-state index >= 15 is 0 Å². The van der Waals surface area contributed by atoms with Crippen molar-refractivity contribution in [3.8, 4) is 0 Å². The van der Waals surface area contributed by atoms with E-state index in [0.717, 1.165) is 30.5 Å². The predicted octanol–water partition coefficient (Wildman–Crippen LogP) is 2.41. The molecule has 2 rings (SSSR count). The van der Waals surface area contributed by atoms with E-state index in [1.807, 2.05) is 0 Å². The molecule has 0 radical (unpaired) electrons. The molecule has 2 amide bonds.